The highest BCUT2D eigenvalue weighted by Crippen LogP contribution is 2.26. The molecule has 1 aromatic rings. The average Bonchev–Trinajstić information content (AvgIpc) is 2.39. The Balaban J connectivity index is 2.59. The van der Waals surface area contributed by atoms with E-state index in [9.17, 15) is 0 Å². The number of ether oxygens (including phenoxy) is 1. The monoisotopic (exact) mass is 327 g/mol. The molecule has 2 nitrogen and oxygen atoms in total. The quantitative estimate of drug-likeness (QED) is 0.671. The minimum absolute atomic E-state index is 0.580. The topological polar surface area (TPSA) is 21.3 Å². The van der Waals surface area contributed by atoms with Gasteiger partial charge in [-0.25, -0.2) is 0 Å². The number of hydrogen-bond donors (Lipinski definition) is 1. The lowest BCUT2D eigenvalue weighted by Crippen LogP contribution is -2.30. The van der Waals surface area contributed by atoms with Crippen LogP contribution in [0.15, 0.2) is 22.7 Å². The molecule has 1 atom stereocenters. The van der Waals surface area contributed by atoms with E-state index in [1.807, 2.05) is 6.07 Å². The van der Waals surface area contributed by atoms with E-state index in [1.54, 1.807) is 7.11 Å². The maximum atomic E-state index is 5.27. The van der Waals surface area contributed by atoms with Crippen LogP contribution < -0.4 is 10.1 Å². The van der Waals surface area contributed by atoms with Crippen LogP contribution in [0.5, 0.6) is 5.75 Å². The Hall–Kier alpha value is -0.540. The second-order valence-electron chi connectivity index (χ2n) is 4.92. The van der Waals surface area contributed by atoms with Crippen molar-refractivity contribution in [1.29, 1.82) is 0 Å². The Morgan fingerprint density at radius 3 is 2.63 bits per heavy atom. The molecule has 0 amide bonds. The average molecular weight is 328 g/mol. The zero-order valence-corrected chi connectivity index (χ0v) is 13.9. The molecule has 1 unspecified atom stereocenters. The molecule has 1 rings (SSSR count). The number of nitrogens with one attached hydrogen (secondary N) is 1. The predicted molar refractivity (Wildman–Crippen MR) is 86.0 cm³/mol. The first-order valence-electron chi connectivity index (χ1n) is 7.27. The molecule has 0 radical (unpaired) electrons. The van der Waals surface area contributed by atoms with Crippen molar-refractivity contribution in [2.24, 2.45) is 0 Å². The molecular weight excluding hydrogens is 302 g/mol. The number of halogens is 1. The third-order valence-electron chi connectivity index (χ3n) is 3.35. The van der Waals surface area contributed by atoms with E-state index in [0.717, 1.165) is 23.2 Å². The number of rotatable bonds is 9. The summed E-state index contributed by atoms with van der Waals surface area (Å²) in [7, 11) is 1.70. The Labute approximate surface area is 126 Å². The molecule has 0 aliphatic rings. The van der Waals surface area contributed by atoms with Crippen LogP contribution in [0.4, 0.5) is 0 Å². The van der Waals surface area contributed by atoms with Crippen LogP contribution in [0.1, 0.15) is 45.1 Å². The molecule has 0 heterocycles. The van der Waals surface area contributed by atoms with Crippen molar-refractivity contribution in [2.75, 3.05) is 13.7 Å². The van der Waals surface area contributed by atoms with Crippen molar-refractivity contribution in [3.63, 3.8) is 0 Å². The normalized spacial score (nSPS) is 12.4. The highest BCUT2D eigenvalue weighted by molar-refractivity contribution is 9.10. The maximum Gasteiger partial charge on any atom is 0.133 e. The van der Waals surface area contributed by atoms with Crippen LogP contribution in [-0.4, -0.2) is 19.7 Å². The molecule has 1 aromatic carbocycles. The predicted octanol–water partition coefficient (Wildman–Crippen LogP) is 4.56. The summed E-state index contributed by atoms with van der Waals surface area (Å²) in [6.45, 7) is 5.47. The molecule has 0 saturated carbocycles. The van der Waals surface area contributed by atoms with Gasteiger partial charge in [-0.15, -0.1) is 0 Å². The van der Waals surface area contributed by atoms with E-state index >= 15 is 0 Å². The molecule has 0 fully saturated rings. The summed E-state index contributed by atoms with van der Waals surface area (Å²) in [4.78, 5) is 0. The molecule has 0 aliphatic carbocycles. The molecule has 3 heteroatoms. The standard InChI is InChI=1S/C16H26BrNO/c1-4-6-7-8-14(18-5-2)11-13-9-10-16(19-3)15(17)12-13/h9-10,12,14,18H,4-8,11H2,1-3H3. The van der Waals surface area contributed by atoms with Gasteiger partial charge in [-0.2, -0.15) is 0 Å². The summed E-state index contributed by atoms with van der Waals surface area (Å²) in [5, 5.41) is 3.59. The lowest BCUT2D eigenvalue weighted by Gasteiger charge is -2.18. The first-order chi connectivity index (χ1) is 9.21. The van der Waals surface area contributed by atoms with Crippen LogP contribution in [-0.2, 0) is 6.42 Å². The summed E-state index contributed by atoms with van der Waals surface area (Å²) in [5.74, 6) is 0.898. The van der Waals surface area contributed by atoms with Crippen molar-refractivity contribution in [2.45, 2.75) is 52.0 Å². The molecule has 19 heavy (non-hydrogen) atoms. The van der Waals surface area contributed by atoms with E-state index in [0.29, 0.717) is 6.04 Å². The SMILES string of the molecule is CCCCCC(Cc1ccc(OC)c(Br)c1)NCC. The van der Waals surface area contributed by atoms with Gasteiger partial charge in [0.15, 0.2) is 0 Å². The number of benzene rings is 1. The minimum atomic E-state index is 0.580. The van der Waals surface area contributed by atoms with Gasteiger partial charge in [0.25, 0.3) is 0 Å². The Bertz CT molecular complexity index is 368. The van der Waals surface area contributed by atoms with E-state index in [-0.39, 0.29) is 0 Å². The van der Waals surface area contributed by atoms with Crippen LogP contribution in [0.3, 0.4) is 0 Å². The Morgan fingerprint density at radius 1 is 1.26 bits per heavy atom. The van der Waals surface area contributed by atoms with E-state index in [1.165, 1.54) is 31.2 Å². The largest absolute Gasteiger partial charge is 0.496 e. The van der Waals surface area contributed by atoms with Crippen molar-refractivity contribution in [3.8, 4) is 5.75 Å². The van der Waals surface area contributed by atoms with Gasteiger partial charge in [0, 0.05) is 6.04 Å². The third-order valence-corrected chi connectivity index (χ3v) is 3.97. The Kier molecular flexibility index (Phi) is 8.15. The van der Waals surface area contributed by atoms with Crippen LogP contribution >= 0.6 is 15.9 Å². The van der Waals surface area contributed by atoms with Crippen molar-refractivity contribution < 1.29 is 4.74 Å². The van der Waals surface area contributed by atoms with Gasteiger partial charge in [-0.1, -0.05) is 39.2 Å². The summed E-state index contributed by atoms with van der Waals surface area (Å²) in [6.07, 6.45) is 6.26. The van der Waals surface area contributed by atoms with Gasteiger partial charge in [0.05, 0.1) is 11.6 Å². The van der Waals surface area contributed by atoms with Gasteiger partial charge in [0.2, 0.25) is 0 Å². The van der Waals surface area contributed by atoms with Gasteiger partial charge < -0.3 is 10.1 Å². The second kappa shape index (κ2) is 9.38. The molecule has 0 aromatic heterocycles. The van der Waals surface area contributed by atoms with Gasteiger partial charge in [0.1, 0.15) is 5.75 Å². The van der Waals surface area contributed by atoms with Gasteiger partial charge in [-0.3, -0.25) is 0 Å². The molecule has 108 valence electrons. The fourth-order valence-corrected chi connectivity index (χ4v) is 2.92. The lowest BCUT2D eigenvalue weighted by molar-refractivity contribution is 0.411. The fourth-order valence-electron chi connectivity index (χ4n) is 2.33. The summed E-state index contributed by atoms with van der Waals surface area (Å²) in [5.41, 5.74) is 1.36. The lowest BCUT2D eigenvalue weighted by atomic mass is 10.0. The molecule has 0 aliphatic heterocycles. The zero-order chi connectivity index (χ0) is 14.1. The van der Waals surface area contributed by atoms with Gasteiger partial charge >= 0.3 is 0 Å². The molecular formula is C16H26BrNO. The molecule has 0 saturated heterocycles. The summed E-state index contributed by atoms with van der Waals surface area (Å²) < 4.78 is 6.31. The van der Waals surface area contributed by atoms with E-state index in [4.69, 9.17) is 4.74 Å². The van der Waals surface area contributed by atoms with Crippen LogP contribution in [0, 0.1) is 0 Å². The van der Waals surface area contributed by atoms with Crippen LogP contribution in [0.25, 0.3) is 0 Å². The second-order valence-corrected chi connectivity index (χ2v) is 5.78. The van der Waals surface area contributed by atoms with Crippen LogP contribution in [0.2, 0.25) is 0 Å². The van der Waals surface area contributed by atoms with Crippen molar-refractivity contribution in [1.82, 2.24) is 5.32 Å². The number of methoxy groups -OCH3 is 1. The smallest absolute Gasteiger partial charge is 0.133 e. The molecule has 0 spiro atoms. The fraction of sp³-hybridized carbons (Fsp3) is 0.625. The van der Waals surface area contributed by atoms with Gasteiger partial charge in [-0.05, 0) is 53.0 Å². The molecule has 0 bridgehead atoms. The third kappa shape index (κ3) is 5.96. The number of unbranched alkanes of at least 4 members (excludes halogenated alkanes) is 2. The van der Waals surface area contributed by atoms with E-state index in [2.05, 4.69) is 47.2 Å². The zero-order valence-electron chi connectivity index (χ0n) is 12.3. The van der Waals surface area contributed by atoms with Crippen molar-refractivity contribution >= 4 is 15.9 Å². The first kappa shape index (κ1) is 16.5. The minimum Gasteiger partial charge on any atom is -0.496 e. The number of hydrogen-bond acceptors (Lipinski definition) is 2. The maximum absolute atomic E-state index is 5.27. The summed E-state index contributed by atoms with van der Waals surface area (Å²) >= 11 is 3.55. The molecule has 1 N–H and O–H groups in total. The highest BCUT2D eigenvalue weighted by Gasteiger charge is 2.09. The highest BCUT2D eigenvalue weighted by atomic mass is 79.9. The first-order valence-corrected chi connectivity index (χ1v) is 8.06. The summed E-state index contributed by atoms with van der Waals surface area (Å²) in [6, 6.07) is 6.95. The Morgan fingerprint density at radius 2 is 2.05 bits per heavy atom. The number of likely N-dealkylation sites (N-methyl/N-ethyl adjacent to an activating group) is 1. The van der Waals surface area contributed by atoms with Crippen molar-refractivity contribution in [3.05, 3.63) is 28.2 Å². The van der Waals surface area contributed by atoms with E-state index < -0.39 is 0 Å².